The molecule has 2 heterocycles. The number of aromatic nitrogens is 3. The Hall–Kier alpha value is -1.85. The number of halogens is 3. The molecule has 0 unspecified atom stereocenters. The standard InChI is InChI=1S/C9H5F3N3/c10-9(11,12)7-4-6-14-15(7)8-3-1-2-5-13-8/h1-3,5-6H. The maximum atomic E-state index is 12.4. The summed E-state index contributed by atoms with van der Waals surface area (Å²) < 4.78 is 38.1. The molecule has 0 saturated heterocycles. The Morgan fingerprint density at radius 2 is 2.07 bits per heavy atom. The second kappa shape index (κ2) is 3.38. The van der Waals surface area contributed by atoms with Crippen LogP contribution in [0.3, 0.4) is 0 Å². The fraction of sp³-hybridized carbons (Fsp3) is 0.111. The number of rotatable bonds is 1. The minimum atomic E-state index is -4.48. The Balaban J connectivity index is 2.51. The van der Waals surface area contributed by atoms with Crippen molar-refractivity contribution >= 4 is 0 Å². The minimum absolute atomic E-state index is 0.117. The van der Waals surface area contributed by atoms with E-state index >= 15 is 0 Å². The highest BCUT2D eigenvalue weighted by Gasteiger charge is 2.35. The van der Waals surface area contributed by atoms with E-state index < -0.39 is 11.9 Å². The predicted molar refractivity (Wildman–Crippen MR) is 45.2 cm³/mol. The number of hydrogen-bond donors (Lipinski definition) is 0. The van der Waals surface area contributed by atoms with Gasteiger partial charge in [-0.3, -0.25) is 0 Å². The third kappa shape index (κ3) is 1.83. The first-order valence-electron chi connectivity index (χ1n) is 4.03. The molecule has 0 fully saturated rings. The molecule has 15 heavy (non-hydrogen) atoms. The molecule has 0 saturated carbocycles. The van der Waals surface area contributed by atoms with E-state index in [9.17, 15) is 13.2 Å². The molecule has 0 spiro atoms. The molecule has 0 bridgehead atoms. The van der Waals surface area contributed by atoms with Crippen molar-refractivity contribution in [2.45, 2.75) is 6.18 Å². The van der Waals surface area contributed by atoms with Gasteiger partial charge in [-0.25, -0.2) is 9.67 Å². The summed E-state index contributed by atoms with van der Waals surface area (Å²) in [6.45, 7) is 0. The molecule has 0 aliphatic rings. The van der Waals surface area contributed by atoms with Crippen LogP contribution in [0.5, 0.6) is 0 Å². The Morgan fingerprint density at radius 1 is 1.27 bits per heavy atom. The van der Waals surface area contributed by atoms with Crippen LogP contribution in [0.1, 0.15) is 5.69 Å². The van der Waals surface area contributed by atoms with Gasteiger partial charge < -0.3 is 0 Å². The summed E-state index contributed by atoms with van der Waals surface area (Å²) in [4.78, 5) is 3.78. The zero-order valence-electron chi connectivity index (χ0n) is 7.36. The van der Waals surface area contributed by atoms with E-state index in [-0.39, 0.29) is 5.82 Å². The van der Waals surface area contributed by atoms with E-state index in [2.05, 4.69) is 10.1 Å². The van der Waals surface area contributed by atoms with Crippen LogP contribution in [0.15, 0.2) is 30.6 Å². The van der Waals surface area contributed by atoms with Crippen LogP contribution in [-0.4, -0.2) is 14.8 Å². The SMILES string of the molecule is FC(F)(F)c1[c]cnn1-c1ccccn1. The van der Waals surface area contributed by atoms with E-state index in [0.717, 1.165) is 6.20 Å². The van der Waals surface area contributed by atoms with Crippen LogP contribution in [-0.2, 0) is 6.18 Å². The molecule has 77 valence electrons. The molecule has 0 N–H and O–H groups in total. The van der Waals surface area contributed by atoms with Gasteiger partial charge in [0.05, 0.1) is 6.20 Å². The van der Waals surface area contributed by atoms with Crippen molar-refractivity contribution in [1.82, 2.24) is 14.8 Å². The normalized spacial score (nSPS) is 11.7. The van der Waals surface area contributed by atoms with E-state index in [1.54, 1.807) is 12.1 Å². The predicted octanol–water partition coefficient (Wildman–Crippen LogP) is 2.09. The van der Waals surface area contributed by atoms with Crippen LogP contribution < -0.4 is 0 Å². The fourth-order valence-corrected chi connectivity index (χ4v) is 1.12. The highest BCUT2D eigenvalue weighted by atomic mass is 19.4. The van der Waals surface area contributed by atoms with Crippen molar-refractivity contribution in [3.63, 3.8) is 0 Å². The summed E-state index contributed by atoms with van der Waals surface area (Å²) >= 11 is 0. The van der Waals surface area contributed by atoms with Gasteiger partial charge in [0.1, 0.15) is 0 Å². The third-order valence-electron chi connectivity index (χ3n) is 1.72. The average molecular weight is 212 g/mol. The molecule has 2 aromatic rings. The topological polar surface area (TPSA) is 30.7 Å². The zero-order valence-corrected chi connectivity index (χ0v) is 7.36. The lowest BCUT2D eigenvalue weighted by atomic mass is 10.4. The van der Waals surface area contributed by atoms with Gasteiger partial charge in [-0.05, 0) is 12.1 Å². The Bertz CT molecular complexity index is 447. The lowest BCUT2D eigenvalue weighted by Crippen LogP contribution is -2.14. The zero-order chi connectivity index (χ0) is 10.9. The second-order valence-corrected chi connectivity index (χ2v) is 2.74. The number of alkyl halides is 3. The summed E-state index contributed by atoms with van der Waals surface area (Å²) in [5.41, 5.74) is -0.957. The second-order valence-electron chi connectivity index (χ2n) is 2.74. The van der Waals surface area contributed by atoms with Crippen molar-refractivity contribution < 1.29 is 13.2 Å². The van der Waals surface area contributed by atoms with Gasteiger partial charge in [-0.2, -0.15) is 18.3 Å². The third-order valence-corrected chi connectivity index (χ3v) is 1.72. The molecule has 2 aromatic heterocycles. The summed E-state index contributed by atoms with van der Waals surface area (Å²) in [5.74, 6) is 0.117. The molecule has 0 amide bonds. The summed E-state index contributed by atoms with van der Waals surface area (Å²) in [5, 5.41) is 3.53. The van der Waals surface area contributed by atoms with Gasteiger partial charge in [0.2, 0.25) is 0 Å². The summed E-state index contributed by atoms with van der Waals surface area (Å²) in [6, 6.07) is 6.67. The van der Waals surface area contributed by atoms with Crippen molar-refractivity contribution in [2.24, 2.45) is 0 Å². The Labute approximate surface area is 83.2 Å². The van der Waals surface area contributed by atoms with E-state index in [0.29, 0.717) is 4.68 Å². The lowest BCUT2D eigenvalue weighted by molar-refractivity contribution is -0.143. The van der Waals surface area contributed by atoms with Gasteiger partial charge in [-0.1, -0.05) is 6.07 Å². The molecule has 0 aliphatic heterocycles. The van der Waals surface area contributed by atoms with Gasteiger partial charge >= 0.3 is 6.18 Å². The van der Waals surface area contributed by atoms with E-state index in [1.165, 1.54) is 12.3 Å². The first-order valence-corrected chi connectivity index (χ1v) is 4.03. The molecular weight excluding hydrogens is 207 g/mol. The molecule has 1 radical (unpaired) electrons. The van der Waals surface area contributed by atoms with Crippen LogP contribution in [0, 0.1) is 6.07 Å². The first-order chi connectivity index (χ1) is 7.09. The molecule has 0 aliphatic carbocycles. The molecule has 0 atom stereocenters. The largest absolute Gasteiger partial charge is 0.434 e. The monoisotopic (exact) mass is 212 g/mol. The van der Waals surface area contributed by atoms with Crippen LogP contribution in [0.25, 0.3) is 5.82 Å². The maximum absolute atomic E-state index is 12.4. The highest BCUT2D eigenvalue weighted by molar-refractivity contribution is 5.24. The van der Waals surface area contributed by atoms with Gasteiger partial charge in [0.15, 0.2) is 11.5 Å². The quantitative estimate of drug-likeness (QED) is 0.724. The summed E-state index contributed by atoms with van der Waals surface area (Å²) in [7, 11) is 0. The molecular formula is C9H5F3N3. The van der Waals surface area contributed by atoms with Crippen molar-refractivity contribution in [3.8, 4) is 5.82 Å². The Kier molecular flexibility index (Phi) is 2.18. The Morgan fingerprint density at radius 3 is 2.67 bits per heavy atom. The van der Waals surface area contributed by atoms with Crippen molar-refractivity contribution in [1.29, 1.82) is 0 Å². The smallest absolute Gasteiger partial charge is 0.237 e. The maximum Gasteiger partial charge on any atom is 0.434 e. The van der Waals surface area contributed by atoms with Crippen molar-refractivity contribution in [3.05, 3.63) is 42.4 Å². The fourth-order valence-electron chi connectivity index (χ4n) is 1.12. The van der Waals surface area contributed by atoms with Crippen LogP contribution in [0.2, 0.25) is 0 Å². The highest BCUT2D eigenvalue weighted by Crippen LogP contribution is 2.29. The summed E-state index contributed by atoms with van der Waals surface area (Å²) in [6.07, 6.45) is -2.11. The minimum Gasteiger partial charge on any atom is -0.237 e. The average Bonchev–Trinajstić information content (AvgIpc) is 2.67. The van der Waals surface area contributed by atoms with Crippen LogP contribution >= 0.6 is 0 Å². The number of hydrogen-bond acceptors (Lipinski definition) is 2. The number of pyridine rings is 1. The van der Waals surface area contributed by atoms with Gasteiger partial charge in [-0.15, -0.1) is 0 Å². The van der Waals surface area contributed by atoms with Gasteiger partial charge in [0.25, 0.3) is 0 Å². The molecule has 3 nitrogen and oxygen atoms in total. The lowest BCUT2D eigenvalue weighted by Gasteiger charge is -2.08. The van der Waals surface area contributed by atoms with Crippen LogP contribution in [0.4, 0.5) is 13.2 Å². The van der Waals surface area contributed by atoms with E-state index in [4.69, 9.17) is 0 Å². The molecule has 0 aromatic carbocycles. The van der Waals surface area contributed by atoms with Crippen molar-refractivity contribution in [2.75, 3.05) is 0 Å². The molecule has 2 rings (SSSR count). The number of nitrogens with zero attached hydrogens (tertiary/aromatic N) is 3. The molecule has 6 heteroatoms. The first kappa shape index (κ1) is 9.70. The van der Waals surface area contributed by atoms with E-state index in [1.807, 2.05) is 6.07 Å². The van der Waals surface area contributed by atoms with Gasteiger partial charge in [0, 0.05) is 12.3 Å².